The van der Waals surface area contributed by atoms with Crippen molar-refractivity contribution in [2.24, 2.45) is 0 Å². The molecule has 16 heavy (non-hydrogen) atoms. The van der Waals surface area contributed by atoms with Crippen molar-refractivity contribution in [3.63, 3.8) is 0 Å². The minimum absolute atomic E-state index is 0.105. The SMILES string of the molecule is COC(C)c1noc(CC2CSCCN2)n1. The van der Waals surface area contributed by atoms with Gasteiger partial charge in [0.25, 0.3) is 0 Å². The van der Waals surface area contributed by atoms with E-state index in [-0.39, 0.29) is 6.10 Å². The predicted octanol–water partition coefficient (Wildman–Crippen LogP) is 1.02. The number of thioether (sulfide) groups is 1. The zero-order valence-electron chi connectivity index (χ0n) is 9.60. The first-order chi connectivity index (χ1) is 7.79. The average molecular weight is 243 g/mol. The highest BCUT2D eigenvalue weighted by atomic mass is 32.2. The third-order valence-electron chi connectivity index (χ3n) is 2.62. The summed E-state index contributed by atoms with van der Waals surface area (Å²) in [6, 6.07) is 0.449. The van der Waals surface area contributed by atoms with Crippen molar-refractivity contribution < 1.29 is 9.26 Å². The van der Waals surface area contributed by atoms with Gasteiger partial charge in [0.05, 0.1) is 0 Å². The summed E-state index contributed by atoms with van der Waals surface area (Å²) in [4.78, 5) is 4.32. The molecule has 0 bridgehead atoms. The first-order valence-corrected chi connectivity index (χ1v) is 6.61. The van der Waals surface area contributed by atoms with Crippen LogP contribution in [0.4, 0.5) is 0 Å². The molecule has 0 radical (unpaired) electrons. The number of ether oxygens (including phenoxy) is 1. The Labute approximate surface area is 99.3 Å². The summed E-state index contributed by atoms with van der Waals surface area (Å²) >= 11 is 1.96. The van der Waals surface area contributed by atoms with E-state index in [4.69, 9.17) is 9.26 Å². The predicted molar refractivity (Wildman–Crippen MR) is 62.5 cm³/mol. The Bertz CT molecular complexity index is 326. The topological polar surface area (TPSA) is 60.2 Å². The zero-order chi connectivity index (χ0) is 11.4. The molecule has 2 rings (SSSR count). The van der Waals surface area contributed by atoms with E-state index >= 15 is 0 Å². The Kier molecular flexibility index (Phi) is 4.20. The molecule has 1 aromatic heterocycles. The van der Waals surface area contributed by atoms with Crippen LogP contribution in [0.5, 0.6) is 0 Å². The van der Waals surface area contributed by atoms with Gasteiger partial charge < -0.3 is 14.6 Å². The van der Waals surface area contributed by atoms with Crippen LogP contribution >= 0.6 is 11.8 Å². The highest BCUT2D eigenvalue weighted by Crippen LogP contribution is 2.15. The van der Waals surface area contributed by atoms with Crippen molar-refractivity contribution in [1.29, 1.82) is 0 Å². The fraction of sp³-hybridized carbons (Fsp3) is 0.800. The molecule has 2 unspecified atom stereocenters. The molecule has 0 aromatic carbocycles. The smallest absolute Gasteiger partial charge is 0.228 e. The van der Waals surface area contributed by atoms with Crippen LogP contribution in [-0.4, -0.2) is 41.3 Å². The summed E-state index contributed by atoms with van der Waals surface area (Å²) in [5.74, 6) is 3.61. The summed E-state index contributed by atoms with van der Waals surface area (Å²) in [5.41, 5.74) is 0. The van der Waals surface area contributed by atoms with Gasteiger partial charge in [-0.05, 0) is 6.92 Å². The van der Waals surface area contributed by atoms with E-state index in [1.54, 1.807) is 7.11 Å². The Hall–Kier alpha value is -0.590. The van der Waals surface area contributed by atoms with E-state index in [2.05, 4.69) is 15.5 Å². The van der Waals surface area contributed by atoms with Gasteiger partial charge in [-0.25, -0.2) is 0 Å². The third kappa shape index (κ3) is 2.96. The largest absolute Gasteiger partial charge is 0.374 e. The Morgan fingerprint density at radius 2 is 2.56 bits per heavy atom. The van der Waals surface area contributed by atoms with Crippen LogP contribution in [0.1, 0.15) is 24.7 Å². The van der Waals surface area contributed by atoms with Crippen molar-refractivity contribution in [2.75, 3.05) is 25.2 Å². The van der Waals surface area contributed by atoms with Crippen LogP contribution < -0.4 is 5.32 Å². The second kappa shape index (κ2) is 5.65. The van der Waals surface area contributed by atoms with Crippen LogP contribution in [0.15, 0.2) is 4.52 Å². The van der Waals surface area contributed by atoms with E-state index in [0.29, 0.717) is 17.8 Å². The van der Waals surface area contributed by atoms with Gasteiger partial charge in [-0.15, -0.1) is 0 Å². The number of rotatable bonds is 4. The number of hydrogen-bond acceptors (Lipinski definition) is 6. The van der Waals surface area contributed by atoms with Crippen LogP contribution in [-0.2, 0) is 11.2 Å². The molecule has 1 N–H and O–H groups in total. The lowest BCUT2D eigenvalue weighted by Crippen LogP contribution is -2.38. The van der Waals surface area contributed by atoms with E-state index in [9.17, 15) is 0 Å². The molecular formula is C10H17N3O2S. The normalized spacial score (nSPS) is 23.2. The van der Waals surface area contributed by atoms with Crippen molar-refractivity contribution in [3.05, 3.63) is 11.7 Å². The Morgan fingerprint density at radius 3 is 3.25 bits per heavy atom. The molecular weight excluding hydrogens is 226 g/mol. The molecule has 6 heteroatoms. The molecule has 0 saturated carbocycles. The van der Waals surface area contributed by atoms with E-state index in [0.717, 1.165) is 18.7 Å². The van der Waals surface area contributed by atoms with Crippen molar-refractivity contribution in [1.82, 2.24) is 15.5 Å². The van der Waals surface area contributed by atoms with Crippen LogP contribution in [0, 0.1) is 0 Å². The first kappa shape index (κ1) is 11.9. The van der Waals surface area contributed by atoms with Gasteiger partial charge >= 0.3 is 0 Å². The van der Waals surface area contributed by atoms with E-state index in [1.807, 2.05) is 18.7 Å². The van der Waals surface area contributed by atoms with Crippen LogP contribution in [0.3, 0.4) is 0 Å². The minimum Gasteiger partial charge on any atom is -0.374 e. The molecule has 1 fully saturated rings. The highest BCUT2D eigenvalue weighted by molar-refractivity contribution is 7.99. The minimum atomic E-state index is -0.105. The van der Waals surface area contributed by atoms with Gasteiger partial charge in [-0.3, -0.25) is 0 Å². The van der Waals surface area contributed by atoms with Crippen molar-refractivity contribution >= 4 is 11.8 Å². The molecule has 1 aliphatic heterocycles. The van der Waals surface area contributed by atoms with Gasteiger partial charge in [0.1, 0.15) is 6.10 Å². The van der Waals surface area contributed by atoms with Gasteiger partial charge in [0.2, 0.25) is 5.89 Å². The first-order valence-electron chi connectivity index (χ1n) is 5.46. The molecule has 0 spiro atoms. The Morgan fingerprint density at radius 1 is 1.69 bits per heavy atom. The average Bonchev–Trinajstić information content (AvgIpc) is 2.78. The molecule has 0 amide bonds. The quantitative estimate of drug-likeness (QED) is 0.852. The lowest BCUT2D eigenvalue weighted by atomic mass is 10.2. The van der Waals surface area contributed by atoms with Crippen LogP contribution in [0.25, 0.3) is 0 Å². The molecule has 1 saturated heterocycles. The van der Waals surface area contributed by atoms with E-state index in [1.165, 1.54) is 5.75 Å². The molecule has 5 nitrogen and oxygen atoms in total. The number of methoxy groups -OCH3 is 1. The molecule has 0 aliphatic carbocycles. The molecule has 1 aliphatic rings. The third-order valence-corrected chi connectivity index (χ3v) is 3.75. The van der Waals surface area contributed by atoms with Crippen LogP contribution in [0.2, 0.25) is 0 Å². The summed E-state index contributed by atoms with van der Waals surface area (Å²) in [6.45, 7) is 2.97. The monoisotopic (exact) mass is 243 g/mol. The summed E-state index contributed by atoms with van der Waals surface area (Å²) in [6.07, 6.45) is 0.697. The molecule has 90 valence electrons. The number of aromatic nitrogens is 2. The van der Waals surface area contributed by atoms with Crippen molar-refractivity contribution in [2.45, 2.75) is 25.5 Å². The number of nitrogens with one attached hydrogen (secondary N) is 1. The lowest BCUT2D eigenvalue weighted by Gasteiger charge is -2.21. The van der Waals surface area contributed by atoms with Crippen molar-refractivity contribution in [3.8, 4) is 0 Å². The summed E-state index contributed by atoms with van der Waals surface area (Å²) in [7, 11) is 1.64. The number of hydrogen-bond donors (Lipinski definition) is 1. The lowest BCUT2D eigenvalue weighted by molar-refractivity contribution is 0.109. The van der Waals surface area contributed by atoms with Gasteiger partial charge in [0, 0.05) is 37.6 Å². The highest BCUT2D eigenvalue weighted by Gasteiger charge is 2.18. The zero-order valence-corrected chi connectivity index (χ0v) is 10.4. The standard InChI is InChI=1S/C10H17N3O2S/c1-7(14-2)10-12-9(15-13-10)5-8-6-16-4-3-11-8/h7-8,11H,3-6H2,1-2H3. The maximum Gasteiger partial charge on any atom is 0.228 e. The maximum absolute atomic E-state index is 5.20. The second-order valence-electron chi connectivity index (χ2n) is 3.85. The second-order valence-corrected chi connectivity index (χ2v) is 5.00. The van der Waals surface area contributed by atoms with Gasteiger partial charge in [-0.1, -0.05) is 5.16 Å². The van der Waals surface area contributed by atoms with Gasteiger partial charge in [-0.2, -0.15) is 16.7 Å². The number of nitrogens with zero attached hydrogens (tertiary/aromatic N) is 2. The van der Waals surface area contributed by atoms with Gasteiger partial charge in [0.15, 0.2) is 5.82 Å². The van der Waals surface area contributed by atoms with E-state index < -0.39 is 0 Å². The molecule has 2 atom stereocenters. The molecule has 2 heterocycles. The summed E-state index contributed by atoms with van der Waals surface area (Å²) < 4.78 is 10.3. The molecule has 1 aromatic rings. The maximum atomic E-state index is 5.20. The fourth-order valence-electron chi connectivity index (χ4n) is 1.58. The fourth-order valence-corrected chi connectivity index (χ4v) is 2.53. The summed E-state index contributed by atoms with van der Waals surface area (Å²) in [5, 5.41) is 7.35. The Balaban J connectivity index is 1.91.